The van der Waals surface area contributed by atoms with E-state index >= 15 is 0 Å². The van der Waals surface area contributed by atoms with Gasteiger partial charge >= 0.3 is 0 Å². The van der Waals surface area contributed by atoms with E-state index in [2.05, 4.69) is 31.2 Å². The average molecular weight is 579 g/mol. The summed E-state index contributed by atoms with van der Waals surface area (Å²) in [6, 6.07) is 11.4. The molecule has 10 heteroatoms. The number of carbonyl (C=O) groups is 2. The van der Waals surface area contributed by atoms with E-state index < -0.39 is 11.5 Å². The molecule has 2 saturated carbocycles. The number of aliphatic imine (C=N–C) groups is 1. The van der Waals surface area contributed by atoms with Crippen LogP contribution in [0.4, 0.5) is 4.39 Å². The number of halogens is 2. The topological polar surface area (TPSA) is 122 Å². The lowest BCUT2D eigenvalue weighted by molar-refractivity contribution is -0.134. The summed E-state index contributed by atoms with van der Waals surface area (Å²) in [6.07, 6.45) is 5.38. The summed E-state index contributed by atoms with van der Waals surface area (Å²) in [4.78, 5) is 34.0. The minimum absolute atomic E-state index is 0.0407. The number of benzene rings is 2. The van der Waals surface area contributed by atoms with Crippen LogP contribution in [0.5, 0.6) is 0 Å². The summed E-state index contributed by atoms with van der Waals surface area (Å²) in [5.41, 5.74) is 8.55. The number of amidine groups is 1. The lowest BCUT2D eigenvalue weighted by Gasteiger charge is -2.47. The molecule has 1 atom stereocenters. The zero-order chi connectivity index (χ0) is 29.5. The third-order valence-corrected chi connectivity index (χ3v) is 9.10. The van der Waals surface area contributed by atoms with Crippen LogP contribution in [-0.2, 0) is 4.79 Å². The smallest absolute Gasteiger partial charge is 0.275 e. The molecule has 2 fully saturated rings. The summed E-state index contributed by atoms with van der Waals surface area (Å²) in [6.45, 7) is 6.66. The molecule has 216 valence electrons. The number of nitrogens with zero attached hydrogens (tertiary/aromatic N) is 3. The molecular formula is C31H36ClFN6O2. The third-order valence-electron chi connectivity index (χ3n) is 8.81. The molecule has 2 aliphatic carbocycles. The van der Waals surface area contributed by atoms with Crippen molar-refractivity contribution in [1.82, 2.24) is 10.2 Å². The summed E-state index contributed by atoms with van der Waals surface area (Å²) in [5, 5.41) is 13.0. The maximum Gasteiger partial charge on any atom is 0.275 e. The van der Waals surface area contributed by atoms with E-state index in [1.807, 2.05) is 17.0 Å². The van der Waals surface area contributed by atoms with Crippen LogP contribution in [0.3, 0.4) is 0 Å². The maximum atomic E-state index is 14.3. The van der Waals surface area contributed by atoms with Crippen molar-refractivity contribution in [2.45, 2.75) is 71.0 Å². The summed E-state index contributed by atoms with van der Waals surface area (Å²) < 4.78 is 14.0. The van der Waals surface area contributed by atoms with Gasteiger partial charge in [-0.25, -0.2) is 9.92 Å². The van der Waals surface area contributed by atoms with Crippen molar-refractivity contribution >= 4 is 35.0 Å². The van der Waals surface area contributed by atoms with Crippen molar-refractivity contribution in [3.05, 3.63) is 70.0 Å². The lowest BCUT2D eigenvalue weighted by Crippen LogP contribution is -2.52. The van der Waals surface area contributed by atoms with E-state index in [4.69, 9.17) is 27.5 Å². The highest BCUT2D eigenvalue weighted by molar-refractivity contribution is 6.47. The summed E-state index contributed by atoms with van der Waals surface area (Å²) >= 11 is 6.12. The molecule has 0 saturated heterocycles. The summed E-state index contributed by atoms with van der Waals surface area (Å²) in [5.74, 6) is -0.502. The van der Waals surface area contributed by atoms with Crippen LogP contribution in [0, 0.1) is 34.0 Å². The van der Waals surface area contributed by atoms with Gasteiger partial charge in [-0.05, 0) is 91.7 Å². The molecule has 1 aliphatic heterocycles. The largest absolute Gasteiger partial charge is 0.345 e. The first-order valence-corrected chi connectivity index (χ1v) is 14.5. The molecule has 0 radical (unpaired) electrons. The fraction of sp³-hybridized carbons (Fsp3) is 0.484. The van der Waals surface area contributed by atoms with Gasteiger partial charge in [0.25, 0.3) is 11.8 Å². The molecular weight excluding hydrogens is 543 g/mol. The highest BCUT2D eigenvalue weighted by atomic mass is 35.5. The number of carbonyl (C=O) groups excluding carboxylic acids is 2. The van der Waals surface area contributed by atoms with Gasteiger partial charge in [-0.2, -0.15) is 0 Å². The first kappa shape index (κ1) is 29.0. The normalized spacial score (nSPS) is 23.3. The van der Waals surface area contributed by atoms with Gasteiger partial charge in [0.2, 0.25) is 0 Å². The Morgan fingerprint density at radius 3 is 2.39 bits per heavy atom. The highest BCUT2D eigenvalue weighted by Gasteiger charge is 2.55. The van der Waals surface area contributed by atoms with Gasteiger partial charge in [0, 0.05) is 11.1 Å². The van der Waals surface area contributed by atoms with E-state index in [-0.39, 0.29) is 46.6 Å². The van der Waals surface area contributed by atoms with Crippen LogP contribution in [0.2, 0.25) is 5.02 Å². The predicted octanol–water partition coefficient (Wildman–Crippen LogP) is 6.93. The van der Waals surface area contributed by atoms with Crippen molar-refractivity contribution in [3.8, 4) is 0 Å². The Morgan fingerprint density at radius 1 is 1.17 bits per heavy atom. The molecule has 2 amide bonds. The number of hydrogen-bond donors (Lipinski definition) is 3. The third kappa shape index (κ3) is 5.82. The van der Waals surface area contributed by atoms with Crippen LogP contribution in [0.1, 0.15) is 86.8 Å². The second-order valence-corrected chi connectivity index (χ2v) is 12.9. The molecule has 41 heavy (non-hydrogen) atoms. The molecule has 0 bridgehead atoms. The van der Waals surface area contributed by atoms with Gasteiger partial charge < -0.3 is 10.2 Å². The Balaban J connectivity index is 1.49. The Bertz CT molecular complexity index is 1400. The molecule has 1 spiro atoms. The first-order chi connectivity index (χ1) is 19.4. The second-order valence-electron chi connectivity index (χ2n) is 12.5. The van der Waals surface area contributed by atoms with Crippen LogP contribution in [0.15, 0.2) is 52.6 Å². The number of amides is 2. The van der Waals surface area contributed by atoms with E-state index in [1.54, 1.807) is 18.2 Å². The monoisotopic (exact) mass is 578 g/mol. The maximum absolute atomic E-state index is 14.3. The van der Waals surface area contributed by atoms with Crippen molar-refractivity contribution < 1.29 is 14.0 Å². The minimum atomic E-state index is -0.696. The first-order valence-electron chi connectivity index (χ1n) is 14.2. The zero-order valence-corrected chi connectivity index (χ0v) is 24.4. The van der Waals surface area contributed by atoms with Gasteiger partial charge in [0.05, 0.1) is 17.6 Å². The van der Waals surface area contributed by atoms with Crippen LogP contribution in [-0.4, -0.2) is 40.5 Å². The van der Waals surface area contributed by atoms with E-state index in [9.17, 15) is 14.0 Å². The minimum Gasteiger partial charge on any atom is -0.345 e. The number of rotatable bonds is 7. The van der Waals surface area contributed by atoms with Crippen molar-refractivity contribution in [2.75, 3.05) is 6.54 Å². The van der Waals surface area contributed by atoms with Gasteiger partial charge in [0.1, 0.15) is 17.2 Å². The lowest BCUT2D eigenvalue weighted by atomic mass is 9.69. The SMILES string of the molecule is CC(C)(C)C1CCC2(CC1)N=C(c1ccc(F)c(Cl)c1)C(=O)N2[C@@H](c1ccc(C(=O)NCC(=N)N=N)cc1)C1CC1. The molecule has 1 heterocycles. The van der Waals surface area contributed by atoms with E-state index in [0.717, 1.165) is 44.1 Å². The molecule has 5 rings (SSSR count). The molecule has 0 aromatic heterocycles. The standard InChI is InChI=1S/C31H36ClFN6O2/c1-30(2,3)22-12-14-31(15-13-22)37-26(21-10-11-24(33)23(32)16-21)29(41)39(31)27(18-4-5-18)19-6-8-20(9-7-19)28(40)36-17-25(34)38-35/h6-11,16,18,22,27,34-35H,4-5,12-15,17H2,1-3H3,(H,36,40)/t22?,27-,31?/m1/s1. The Morgan fingerprint density at radius 2 is 1.83 bits per heavy atom. The molecule has 3 aliphatic rings. The van der Waals surface area contributed by atoms with Crippen molar-refractivity contribution in [2.24, 2.45) is 27.4 Å². The van der Waals surface area contributed by atoms with Crippen LogP contribution in [0.25, 0.3) is 0 Å². The molecule has 0 unspecified atom stereocenters. The molecule has 2 aromatic carbocycles. The number of hydrogen-bond acceptors (Lipinski definition) is 5. The number of nitrogens with one attached hydrogen (secondary N) is 3. The van der Waals surface area contributed by atoms with Crippen LogP contribution >= 0.6 is 11.6 Å². The Labute approximate surface area is 244 Å². The highest BCUT2D eigenvalue weighted by Crippen LogP contribution is 2.54. The second kappa shape index (κ2) is 11.1. The molecule has 3 N–H and O–H groups in total. The molecule has 8 nitrogen and oxygen atoms in total. The zero-order valence-electron chi connectivity index (χ0n) is 23.6. The fourth-order valence-corrected chi connectivity index (χ4v) is 6.49. The van der Waals surface area contributed by atoms with Crippen molar-refractivity contribution in [3.63, 3.8) is 0 Å². The average Bonchev–Trinajstić information content (AvgIpc) is 3.75. The predicted molar refractivity (Wildman–Crippen MR) is 156 cm³/mol. The fourth-order valence-electron chi connectivity index (χ4n) is 6.31. The summed E-state index contributed by atoms with van der Waals surface area (Å²) in [7, 11) is 0. The Hall–Kier alpha value is -3.46. The van der Waals surface area contributed by atoms with Gasteiger partial charge in [-0.3, -0.25) is 20.0 Å². The quantitative estimate of drug-likeness (QED) is 0.187. The van der Waals surface area contributed by atoms with Gasteiger partial charge in [-0.1, -0.05) is 44.5 Å². The Kier molecular flexibility index (Phi) is 7.85. The van der Waals surface area contributed by atoms with Gasteiger partial charge in [-0.15, -0.1) is 5.11 Å². The van der Waals surface area contributed by atoms with E-state index in [1.165, 1.54) is 12.1 Å². The van der Waals surface area contributed by atoms with Gasteiger partial charge in [0.15, 0.2) is 5.84 Å². The van der Waals surface area contributed by atoms with Crippen molar-refractivity contribution in [1.29, 1.82) is 10.9 Å². The van der Waals surface area contributed by atoms with E-state index in [0.29, 0.717) is 22.8 Å². The molecule has 2 aromatic rings. The van der Waals surface area contributed by atoms with Crippen LogP contribution < -0.4 is 5.32 Å².